The summed E-state index contributed by atoms with van der Waals surface area (Å²) in [5.41, 5.74) is 13.5. The van der Waals surface area contributed by atoms with E-state index in [9.17, 15) is 45.2 Å². The Kier molecular flexibility index (Phi) is 13.8. The van der Waals surface area contributed by atoms with Crippen molar-refractivity contribution in [1.82, 2.24) is 5.48 Å². The third kappa shape index (κ3) is 10.8. The average molecular weight is 753 g/mol. The van der Waals surface area contributed by atoms with Crippen LogP contribution in [0.3, 0.4) is 0 Å². The van der Waals surface area contributed by atoms with Gasteiger partial charge in [-0.3, -0.25) is 13.7 Å². The molecule has 15 atom stereocenters. The summed E-state index contributed by atoms with van der Waals surface area (Å²) in [4.78, 5) is 0. The minimum atomic E-state index is -5.45. The highest BCUT2D eigenvalue weighted by atomic mass is 32.3. The van der Waals surface area contributed by atoms with Crippen molar-refractivity contribution < 1.29 is 90.1 Å². The molecule has 27 heteroatoms. The van der Waals surface area contributed by atoms with Gasteiger partial charge in [-0.15, -0.1) is 0 Å². The minimum absolute atomic E-state index is 0.494. The molecule has 0 aromatic carbocycles. The topological polar surface area (TPSA) is 374 Å². The summed E-state index contributed by atoms with van der Waals surface area (Å²) in [6, 6.07) is -2.45. The normalized spacial score (nSPS) is 42.3. The summed E-state index contributed by atoms with van der Waals surface area (Å²) < 4.78 is 142. The molecule has 0 bridgehead atoms. The molecule has 0 saturated carbocycles. The van der Waals surface area contributed by atoms with E-state index >= 15 is 0 Å². The Bertz CT molecular complexity index is 1360. The Labute approximate surface area is 269 Å². The number of methoxy groups -OCH3 is 1. The van der Waals surface area contributed by atoms with Crippen LogP contribution in [0.4, 0.5) is 0 Å². The number of aliphatic hydroxyl groups excluding tert-OH is 2. The summed E-state index contributed by atoms with van der Waals surface area (Å²) in [5, 5.41) is 34.1. The number of aliphatic hydroxyl groups is 2. The number of ether oxygens (including phenoxy) is 6. The van der Waals surface area contributed by atoms with Gasteiger partial charge in [0.05, 0.1) is 31.4 Å². The SMILES string of the molecule is CO[C@H]1OC(COS(=O)(=O)O)[C@@H](O[C@@H]2O[C@@H](N[O-])[C@@H](O[C@H]3OC(COS(=O)(=O)O)[C@@H](C)[C@H](C)C3N)C(O)C2OS(=O)(=O)O)[C@H](O)C1N. The van der Waals surface area contributed by atoms with E-state index in [1.807, 2.05) is 0 Å². The van der Waals surface area contributed by atoms with E-state index in [1.165, 1.54) is 5.48 Å². The van der Waals surface area contributed by atoms with Crippen LogP contribution in [0, 0.1) is 17.0 Å². The molecular formula is C20H38N3O21S3-. The summed E-state index contributed by atoms with van der Waals surface area (Å²) in [5.74, 6) is -1.01. The molecule has 3 heterocycles. The van der Waals surface area contributed by atoms with E-state index in [4.69, 9.17) is 49.0 Å². The molecule has 3 aliphatic rings. The summed E-state index contributed by atoms with van der Waals surface area (Å²) >= 11 is 0. The van der Waals surface area contributed by atoms with Crippen molar-refractivity contribution in [2.75, 3.05) is 20.3 Å². The molecule has 0 amide bonds. The highest BCUT2D eigenvalue weighted by Crippen LogP contribution is 2.35. The zero-order valence-electron chi connectivity index (χ0n) is 24.7. The smallest absolute Gasteiger partial charge is 0.397 e. The van der Waals surface area contributed by atoms with Crippen LogP contribution in [0.15, 0.2) is 0 Å². The van der Waals surface area contributed by atoms with Gasteiger partial charge in [0, 0.05) is 7.11 Å². The Hall–Kier alpha value is -0.870. The van der Waals surface area contributed by atoms with Crippen LogP contribution in [0.25, 0.3) is 0 Å². The molecular weight excluding hydrogens is 714 g/mol. The second-order valence-corrected chi connectivity index (χ2v) is 14.1. The zero-order valence-corrected chi connectivity index (χ0v) is 27.2. The van der Waals surface area contributed by atoms with E-state index < -0.39 is 136 Å². The van der Waals surface area contributed by atoms with Gasteiger partial charge in [0.1, 0.15) is 36.7 Å². The quantitative estimate of drug-likeness (QED) is 0.0608. The molecule has 3 aliphatic heterocycles. The van der Waals surface area contributed by atoms with Crippen LogP contribution in [0.2, 0.25) is 0 Å². The Morgan fingerprint density at radius 3 is 1.74 bits per heavy atom. The summed E-state index contributed by atoms with van der Waals surface area (Å²) in [7, 11) is -14.3. The van der Waals surface area contributed by atoms with Crippen molar-refractivity contribution in [3.8, 4) is 0 Å². The second-order valence-electron chi connectivity index (χ2n) is 10.8. The maximum atomic E-state index is 12.0. The van der Waals surface area contributed by atoms with Gasteiger partial charge in [-0.05, 0) is 11.8 Å². The maximum Gasteiger partial charge on any atom is 0.397 e. The Balaban J connectivity index is 1.90. The first kappa shape index (κ1) is 40.6. The van der Waals surface area contributed by atoms with Crippen molar-refractivity contribution in [2.45, 2.75) is 93.8 Å². The van der Waals surface area contributed by atoms with Crippen molar-refractivity contribution >= 4 is 31.2 Å². The predicted octanol–water partition coefficient (Wildman–Crippen LogP) is -4.90. The monoisotopic (exact) mass is 752 g/mol. The standard InChI is InChI=1S/C20H38N3O21S3/c1-6-7(2)10(21)19(39-8(6)4-37-45(27,28)29)42-15-13(25)16(44-47(33,34)35)20(43-17(15)23-26)41-14-9(5-38-46(30,31)32)40-18(36-3)11(22)12(14)24/h6-20,23-25H,4-5,21-22H2,1-3H3,(H,27,28,29)(H,30,31,32)(H,33,34,35)/q-1/t6-,7-,8?,9?,10?,11?,12+,13?,14+,15-,16?,17+,18-,19+,20+/m0/s1. The van der Waals surface area contributed by atoms with Crippen LogP contribution in [-0.4, -0.2) is 149 Å². The maximum absolute atomic E-state index is 12.0. The van der Waals surface area contributed by atoms with Gasteiger partial charge in [-0.25, -0.2) is 12.5 Å². The molecule has 47 heavy (non-hydrogen) atoms. The zero-order chi connectivity index (χ0) is 35.6. The third-order valence-corrected chi connectivity index (χ3v) is 9.15. The van der Waals surface area contributed by atoms with Gasteiger partial charge in [0.15, 0.2) is 25.0 Å². The van der Waals surface area contributed by atoms with Crippen LogP contribution >= 0.6 is 0 Å². The first-order chi connectivity index (χ1) is 21.6. The van der Waals surface area contributed by atoms with Crippen LogP contribution < -0.4 is 16.9 Å². The highest BCUT2D eigenvalue weighted by Gasteiger charge is 2.54. The third-order valence-electron chi connectivity index (χ3n) is 7.81. The lowest BCUT2D eigenvalue weighted by Gasteiger charge is -2.50. The predicted molar refractivity (Wildman–Crippen MR) is 147 cm³/mol. The van der Waals surface area contributed by atoms with Crippen LogP contribution in [-0.2, 0) is 72.2 Å². The number of hydrogen-bond acceptors (Lipinski definition) is 21. The van der Waals surface area contributed by atoms with Crippen molar-refractivity contribution in [3.63, 3.8) is 0 Å². The molecule has 0 aromatic rings. The Morgan fingerprint density at radius 1 is 0.702 bits per heavy atom. The van der Waals surface area contributed by atoms with Crippen molar-refractivity contribution in [3.05, 3.63) is 5.21 Å². The minimum Gasteiger partial charge on any atom is -0.786 e. The van der Waals surface area contributed by atoms with E-state index in [-0.39, 0.29) is 0 Å². The molecule has 6 unspecified atom stereocenters. The summed E-state index contributed by atoms with van der Waals surface area (Å²) in [6.07, 6.45) is -20.2. The van der Waals surface area contributed by atoms with Gasteiger partial charge in [0.25, 0.3) is 0 Å². The first-order valence-electron chi connectivity index (χ1n) is 13.5. The molecule has 3 fully saturated rings. The molecule has 0 spiro atoms. The largest absolute Gasteiger partial charge is 0.786 e. The Morgan fingerprint density at radius 2 is 1.23 bits per heavy atom. The molecule has 0 radical (unpaired) electrons. The van der Waals surface area contributed by atoms with Crippen LogP contribution in [0.1, 0.15) is 13.8 Å². The van der Waals surface area contributed by atoms with Crippen LogP contribution in [0.5, 0.6) is 0 Å². The number of hydroxylamine groups is 1. The fourth-order valence-electron chi connectivity index (χ4n) is 5.13. The highest BCUT2D eigenvalue weighted by molar-refractivity contribution is 7.81. The van der Waals surface area contributed by atoms with Crippen molar-refractivity contribution in [2.24, 2.45) is 23.3 Å². The fourth-order valence-corrected chi connectivity index (χ4v) is 6.23. The van der Waals surface area contributed by atoms with E-state index in [0.29, 0.717) is 0 Å². The number of nitrogens with two attached hydrogens (primary N) is 2. The molecule has 3 rings (SSSR count). The number of hydrogen-bond donors (Lipinski definition) is 8. The molecule has 0 aliphatic carbocycles. The molecule has 10 N–H and O–H groups in total. The van der Waals surface area contributed by atoms with E-state index in [2.05, 4.69) is 12.5 Å². The van der Waals surface area contributed by atoms with Gasteiger partial charge in [-0.1, -0.05) is 13.8 Å². The molecule has 278 valence electrons. The fraction of sp³-hybridized carbons (Fsp3) is 1.00. The lowest BCUT2D eigenvalue weighted by molar-refractivity contribution is -0.360. The van der Waals surface area contributed by atoms with Crippen molar-refractivity contribution in [1.29, 1.82) is 0 Å². The molecule has 24 nitrogen and oxygen atoms in total. The van der Waals surface area contributed by atoms with Gasteiger partial charge in [0.2, 0.25) is 0 Å². The second kappa shape index (κ2) is 16.0. The molecule has 0 aromatic heterocycles. The average Bonchev–Trinajstić information content (AvgIpc) is 2.95. The number of rotatable bonds is 14. The lowest BCUT2D eigenvalue weighted by atomic mass is 9.82. The van der Waals surface area contributed by atoms with Gasteiger partial charge in [-0.2, -0.15) is 25.3 Å². The first-order valence-corrected chi connectivity index (χ1v) is 17.6. The lowest BCUT2D eigenvalue weighted by Crippen LogP contribution is -2.68. The summed E-state index contributed by atoms with van der Waals surface area (Å²) in [6.45, 7) is 1.50. The van der Waals surface area contributed by atoms with E-state index in [0.717, 1.165) is 7.11 Å². The van der Waals surface area contributed by atoms with Gasteiger partial charge < -0.3 is 60.8 Å². The van der Waals surface area contributed by atoms with E-state index in [1.54, 1.807) is 13.8 Å². The number of nitrogens with one attached hydrogen (secondary N) is 1. The molecule has 3 saturated heterocycles. The van der Waals surface area contributed by atoms with Gasteiger partial charge >= 0.3 is 31.2 Å².